The summed E-state index contributed by atoms with van der Waals surface area (Å²) in [6.07, 6.45) is 1.81. The highest BCUT2D eigenvalue weighted by molar-refractivity contribution is 5.90. The van der Waals surface area contributed by atoms with Crippen LogP contribution in [-0.2, 0) is 14.3 Å². The Morgan fingerprint density at radius 3 is 2.78 bits per heavy atom. The molecule has 0 radical (unpaired) electrons. The Morgan fingerprint density at radius 1 is 1.19 bits per heavy atom. The van der Waals surface area contributed by atoms with E-state index in [9.17, 15) is 4.79 Å². The molecule has 6 heteroatoms. The Bertz CT molecular complexity index is 915. The van der Waals surface area contributed by atoms with Gasteiger partial charge in [-0.3, -0.25) is 4.79 Å². The van der Waals surface area contributed by atoms with Crippen LogP contribution in [0.5, 0.6) is 0 Å². The summed E-state index contributed by atoms with van der Waals surface area (Å²) in [6.45, 7) is 4.85. The topological polar surface area (TPSA) is 65.4 Å². The first kappa shape index (κ1) is 19.1. The van der Waals surface area contributed by atoms with Crippen molar-refractivity contribution in [3.8, 4) is 5.69 Å². The summed E-state index contributed by atoms with van der Waals surface area (Å²) in [4.78, 5) is 12.0. The maximum atomic E-state index is 12.0. The fourth-order valence-electron chi connectivity index (χ4n) is 3.15. The summed E-state index contributed by atoms with van der Waals surface area (Å²) in [5.74, 6) is -0.157. The molecule has 0 fully saturated rings. The summed E-state index contributed by atoms with van der Waals surface area (Å²) in [7, 11) is 1.60. The summed E-state index contributed by atoms with van der Waals surface area (Å²) in [5, 5.41) is 9.83. The number of fused-ring (bicyclic) bond motifs is 1. The van der Waals surface area contributed by atoms with Gasteiger partial charge in [0.05, 0.1) is 31.1 Å². The van der Waals surface area contributed by atoms with E-state index in [1.165, 1.54) is 5.39 Å². The van der Waals surface area contributed by atoms with Gasteiger partial charge in [0.2, 0.25) is 5.91 Å². The molecule has 0 spiro atoms. The molecule has 27 heavy (non-hydrogen) atoms. The van der Waals surface area contributed by atoms with Crippen molar-refractivity contribution in [1.29, 1.82) is 0 Å². The Hall–Kier alpha value is -2.70. The van der Waals surface area contributed by atoms with E-state index in [4.69, 9.17) is 9.47 Å². The predicted octanol–water partition coefficient (Wildman–Crippen LogP) is 3.17. The molecule has 1 aromatic heterocycles. The number of methoxy groups -OCH3 is 1. The van der Waals surface area contributed by atoms with Gasteiger partial charge in [0.15, 0.2) is 0 Å². The van der Waals surface area contributed by atoms with Crippen molar-refractivity contribution in [2.45, 2.75) is 19.9 Å². The SMILES string of the molecule is COCCOCC(=O)NC(C)c1cnn(-c2cccc3ccccc23)c1C. The number of ether oxygens (including phenoxy) is 2. The molecule has 0 aliphatic carbocycles. The van der Waals surface area contributed by atoms with Gasteiger partial charge in [-0.05, 0) is 25.3 Å². The number of carbonyl (C=O) groups excluding carboxylic acids is 1. The van der Waals surface area contributed by atoms with Crippen LogP contribution < -0.4 is 5.32 Å². The van der Waals surface area contributed by atoms with Gasteiger partial charge >= 0.3 is 0 Å². The van der Waals surface area contributed by atoms with Gasteiger partial charge in [-0.15, -0.1) is 0 Å². The molecular weight excluding hydrogens is 342 g/mol. The lowest BCUT2D eigenvalue weighted by Gasteiger charge is -2.15. The molecule has 0 aliphatic rings. The van der Waals surface area contributed by atoms with Crippen LogP contribution >= 0.6 is 0 Å². The summed E-state index contributed by atoms with van der Waals surface area (Å²) in [6, 6.07) is 14.2. The minimum atomic E-state index is -0.160. The molecule has 1 heterocycles. The van der Waals surface area contributed by atoms with Gasteiger partial charge in [-0.1, -0.05) is 36.4 Å². The number of nitrogens with one attached hydrogen (secondary N) is 1. The predicted molar refractivity (Wildman–Crippen MR) is 105 cm³/mol. The zero-order valence-electron chi connectivity index (χ0n) is 15.9. The normalized spacial score (nSPS) is 12.3. The Labute approximate surface area is 159 Å². The second kappa shape index (κ2) is 8.79. The van der Waals surface area contributed by atoms with Gasteiger partial charge in [-0.25, -0.2) is 4.68 Å². The lowest BCUT2D eigenvalue weighted by Crippen LogP contribution is -2.30. The Balaban J connectivity index is 1.76. The van der Waals surface area contributed by atoms with Crippen molar-refractivity contribution in [1.82, 2.24) is 15.1 Å². The largest absolute Gasteiger partial charge is 0.382 e. The highest BCUT2D eigenvalue weighted by Gasteiger charge is 2.17. The third-order valence-electron chi connectivity index (χ3n) is 4.55. The van der Waals surface area contributed by atoms with Gasteiger partial charge < -0.3 is 14.8 Å². The molecule has 0 saturated heterocycles. The smallest absolute Gasteiger partial charge is 0.246 e. The molecule has 0 bridgehead atoms. The molecule has 1 N–H and O–H groups in total. The van der Waals surface area contributed by atoms with E-state index in [2.05, 4.69) is 34.7 Å². The fraction of sp³-hybridized carbons (Fsp3) is 0.333. The minimum Gasteiger partial charge on any atom is -0.382 e. The van der Waals surface area contributed by atoms with Crippen molar-refractivity contribution in [2.24, 2.45) is 0 Å². The van der Waals surface area contributed by atoms with Crippen LogP contribution in [0.2, 0.25) is 0 Å². The van der Waals surface area contributed by atoms with Crippen molar-refractivity contribution >= 4 is 16.7 Å². The summed E-state index contributed by atoms with van der Waals surface area (Å²) in [5.41, 5.74) is 3.01. The van der Waals surface area contributed by atoms with Crippen LogP contribution in [0.1, 0.15) is 24.2 Å². The zero-order chi connectivity index (χ0) is 19.2. The number of hydrogen-bond acceptors (Lipinski definition) is 4. The molecule has 1 atom stereocenters. The van der Waals surface area contributed by atoms with Crippen LogP contribution in [0.3, 0.4) is 0 Å². The Morgan fingerprint density at radius 2 is 1.96 bits per heavy atom. The molecule has 1 unspecified atom stereocenters. The molecule has 142 valence electrons. The maximum Gasteiger partial charge on any atom is 0.246 e. The van der Waals surface area contributed by atoms with Crippen LogP contribution in [0.25, 0.3) is 16.5 Å². The first-order chi connectivity index (χ1) is 13.1. The first-order valence-corrected chi connectivity index (χ1v) is 9.00. The zero-order valence-corrected chi connectivity index (χ0v) is 15.9. The van der Waals surface area contributed by atoms with Crippen LogP contribution in [0.15, 0.2) is 48.7 Å². The highest BCUT2D eigenvalue weighted by atomic mass is 16.5. The second-order valence-electron chi connectivity index (χ2n) is 6.43. The van der Waals surface area contributed by atoms with Crippen LogP contribution in [0, 0.1) is 6.92 Å². The first-order valence-electron chi connectivity index (χ1n) is 9.00. The molecule has 1 amide bonds. The molecule has 2 aromatic carbocycles. The third-order valence-corrected chi connectivity index (χ3v) is 4.55. The number of amides is 1. The van der Waals surface area contributed by atoms with E-state index in [0.717, 1.165) is 22.3 Å². The van der Waals surface area contributed by atoms with Crippen molar-refractivity contribution in [3.63, 3.8) is 0 Å². The van der Waals surface area contributed by atoms with E-state index < -0.39 is 0 Å². The third kappa shape index (κ3) is 4.35. The molecule has 0 aliphatic heterocycles. The van der Waals surface area contributed by atoms with E-state index in [1.807, 2.05) is 42.9 Å². The summed E-state index contributed by atoms with van der Waals surface area (Å²) < 4.78 is 12.1. The number of hydrogen-bond donors (Lipinski definition) is 1. The quantitative estimate of drug-likeness (QED) is 0.621. The van der Waals surface area contributed by atoms with Crippen molar-refractivity contribution < 1.29 is 14.3 Å². The van der Waals surface area contributed by atoms with Crippen molar-refractivity contribution in [2.75, 3.05) is 26.9 Å². The molecule has 0 saturated carbocycles. The van der Waals surface area contributed by atoms with E-state index in [-0.39, 0.29) is 18.6 Å². The van der Waals surface area contributed by atoms with Crippen LogP contribution in [0.4, 0.5) is 0 Å². The number of aromatic nitrogens is 2. The minimum absolute atomic E-state index is 0.0181. The monoisotopic (exact) mass is 367 g/mol. The maximum absolute atomic E-state index is 12.0. The number of rotatable bonds is 8. The number of nitrogens with zero attached hydrogens (tertiary/aromatic N) is 2. The Kier molecular flexibility index (Phi) is 6.21. The van der Waals surface area contributed by atoms with Gasteiger partial charge in [0.1, 0.15) is 6.61 Å². The lowest BCUT2D eigenvalue weighted by atomic mass is 10.1. The van der Waals surface area contributed by atoms with Gasteiger partial charge in [0, 0.05) is 23.8 Å². The standard InChI is InChI=1S/C21H25N3O3/c1-15(23-21(25)14-27-12-11-26-3)19-13-22-24(16(19)2)20-10-6-8-17-7-4-5-9-18(17)20/h4-10,13,15H,11-12,14H2,1-3H3,(H,23,25). The second-order valence-corrected chi connectivity index (χ2v) is 6.43. The number of carbonyl (C=O) groups is 1. The molecule has 3 aromatic rings. The van der Waals surface area contributed by atoms with Crippen LogP contribution in [-0.4, -0.2) is 42.6 Å². The fourth-order valence-corrected chi connectivity index (χ4v) is 3.15. The molecule has 6 nitrogen and oxygen atoms in total. The summed E-state index contributed by atoms with van der Waals surface area (Å²) >= 11 is 0. The average Bonchev–Trinajstić information content (AvgIpc) is 3.06. The van der Waals surface area contributed by atoms with Gasteiger partial charge in [0.25, 0.3) is 0 Å². The highest BCUT2D eigenvalue weighted by Crippen LogP contribution is 2.25. The number of benzene rings is 2. The molecule has 3 rings (SSSR count). The average molecular weight is 367 g/mol. The van der Waals surface area contributed by atoms with E-state index in [0.29, 0.717) is 13.2 Å². The lowest BCUT2D eigenvalue weighted by molar-refractivity contribution is -0.126. The van der Waals surface area contributed by atoms with Gasteiger partial charge in [-0.2, -0.15) is 5.10 Å². The van der Waals surface area contributed by atoms with Crippen molar-refractivity contribution in [3.05, 3.63) is 59.9 Å². The molecular formula is C21H25N3O3. The van der Waals surface area contributed by atoms with E-state index >= 15 is 0 Å². The van der Waals surface area contributed by atoms with E-state index in [1.54, 1.807) is 7.11 Å².